The predicted octanol–water partition coefficient (Wildman–Crippen LogP) is 5.53. The third kappa shape index (κ3) is 6.23. The molecule has 1 aliphatic heterocycles. The van der Waals surface area contributed by atoms with Gasteiger partial charge in [0.1, 0.15) is 17.7 Å². The van der Waals surface area contributed by atoms with Gasteiger partial charge in [-0.15, -0.1) is 9.24 Å². The number of fused-ring (bicyclic) bond motifs is 1. The molecule has 4 rings (SSSR count). The van der Waals surface area contributed by atoms with E-state index in [0.717, 1.165) is 64.7 Å². The summed E-state index contributed by atoms with van der Waals surface area (Å²) in [6.07, 6.45) is 3.36. The summed E-state index contributed by atoms with van der Waals surface area (Å²) in [7, 11) is 2.70. The van der Waals surface area contributed by atoms with Crippen LogP contribution in [0.25, 0.3) is 0 Å². The fourth-order valence-electron chi connectivity index (χ4n) is 4.87. The summed E-state index contributed by atoms with van der Waals surface area (Å²) in [6.45, 7) is 4.87. The van der Waals surface area contributed by atoms with Crippen LogP contribution in [0, 0.1) is 13.8 Å². The van der Waals surface area contributed by atoms with Crippen LogP contribution in [-0.4, -0.2) is 23.6 Å². The Morgan fingerprint density at radius 1 is 1.06 bits per heavy atom. The Balaban J connectivity index is 1.65. The summed E-state index contributed by atoms with van der Waals surface area (Å²) < 4.78 is 0. The number of benzene rings is 3. The molecule has 0 fully saturated rings. The first-order valence-corrected chi connectivity index (χ1v) is 13.0. The van der Waals surface area contributed by atoms with Crippen molar-refractivity contribution >= 4 is 37.8 Å². The smallest absolute Gasteiger partial charge is 0.303 e. The minimum Gasteiger partial charge on any atom is -0.481 e. The normalized spacial score (nSPS) is 13.1. The van der Waals surface area contributed by atoms with Gasteiger partial charge >= 0.3 is 5.97 Å². The molecular weight excluding hydrogens is 467 g/mol. The van der Waals surface area contributed by atoms with E-state index in [1.165, 1.54) is 5.56 Å². The van der Waals surface area contributed by atoms with Gasteiger partial charge in [0.05, 0.1) is 0 Å². The number of hydrogen-bond acceptors (Lipinski definition) is 4. The van der Waals surface area contributed by atoms with Crippen molar-refractivity contribution in [2.24, 2.45) is 0 Å². The molecule has 2 atom stereocenters. The number of carbonyl (C=O) groups excluding carboxylic acids is 1. The molecule has 6 heteroatoms. The summed E-state index contributed by atoms with van der Waals surface area (Å²) in [5, 5.41) is 13.6. The maximum absolute atomic E-state index is 12.5. The van der Waals surface area contributed by atoms with Crippen LogP contribution in [0.15, 0.2) is 66.4 Å². The monoisotopic (exact) mass is 500 g/mol. The Morgan fingerprint density at radius 2 is 1.83 bits per heavy atom. The molecular formula is C30H33N2O3P. The minimum absolute atomic E-state index is 0.189. The van der Waals surface area contributed by atoms with E-state index in [1.807, 2.05) is 24.3 Å². The fraction of sp³-hybridized carbons (Fsp3) is 0.300. The predicted molar refractivity (Wildman–Crippen MR) is 150 cm³/mol. The SMILES string of the molecule is Cc1cc(CCCCC(=O)O)cc(NC(C(=C=O)N2CCc3ccc(C)cc32)c2ccc(P)cc2)c1. The zero-order valence-corrected chi connectivity index (χ0v) is 22.0. The van der Waals surface area contributed by atoms with Crippen LogP contribution in [-0.2, 0) is 22.4 Å². The Labute approximate surface area is 215 Å². The Bertz CT molecular complexity index is 1300. The van der Waals surface area contributed by atoms with Gasteiger partial charge in [-0.2, -0.15) is 0 Å². The number of carbonyl (C=O) groups is 1. The van der Waals surface area contributed by atoms with Crippen LogP contribution < -0.4 is 15.5 Å². The van der Waals surface area contributed by atoms with Crippen molar-refractivity contribution in [1.82, 2.24) is 0 Å². The highest BCUT2D eigenvalue weighted by molar-refractivity contribution is 7.27. The second-order valence-electron chi connectivity index (χ2n) is 9.57. The van der Waals surface area contributed by atoms with Gasteiger partial charge in [0.15, 0.2) is 0 Å². The standard InChI is InChI=1S/C30H33N2O3P/c1-20-7-8-23-13-14-32(27(23)17-20)28(19-33)30(24-9-11-26(36)12-10-24)31-25-16-21(2)15-22(18-25)5-3-4-6-29(34)35/h7-12,15-18,30-31H,3-6,13-14,36H2,1-2H3,(H,34,35). The summed E-state index contributed by atoms with van der Waals surface area (Å²) in [5.41, 5.74) is 8.24. The van der Waals surface area contributed by atoms with E-state index < -0.39 is 5.97 Å². The third-order valence-electron chi connectivity index (χ3n) is 6.63. The van der Waals surface area contributed by atoms with E-state index >= 15 is 0 Å². The molecule has 0 aliphatic carbocycles. The summed E-state index contributed by atoms with van der Waals surface area (Å²) in [4.78, 5) is 25.5. The van der Waals surface area contributed by atoms with Crippen molar-refractivity contribution < 1.29 is 14.7 Å². The van der Waals surface area contributed by atoms with Crippen molar-refractivity contribution in [2.75, 3.05) is 16.8 Å². The second-order valence-corrected chi connectivity index (χ2v) is 10.2. The number of nitrogens with zero attached hydrogens (tertiary/aromatic N) is 1. The Morgan fingerprint density at radius 3 is 2.56 bits per heavy atom. The molecule has 1 heterocycles. The van der Waals surface area contributed by atoms with Crippen molar-refractivity contribution in [3.63, 3.8) is 0 Å². The van der Waals surface area contributed by atoms with Crippen LogP contribution in [0.5, 0.6) is 0 Å². The highest BCUT2D eigenvalue weighted by Crippen LogP contribution is 2.37. The number of anilines is 2. The number of rotatable bonds is 10. The highest BCUT2D eigenvalue weighted by atomic mass is 31.0. The zero-order chi connectivity index (χ0) is 25.7. The number of carboxylic acids is 1. The van der Waals surface area contributed by atoms with Gasteiger partial charge in [0.2, 0.25) is 0 Å². The first-order valence-electron chi connectivity index (χ1n) is 12.4. The largest absolute Gasteiger partial charge is 0.481 e. The van der Waals surface area contributed by atoms with E-state index in [-0.39, 0.29) is 12.5 Å². The molecule has 2 unspecified atom stereocenters. The molecule has 0 saturated heterocycles. The molecule has 0 aromatic heterocycles. The van der Waals surface area contributed by atoms with E-state index in [9.17, 15) is 9.59 Å². The van der Waals surface area contributed by atoms with Gasteiger partial charge in [-0.3, -0.25) is 4.79 Å². The topological polar surface area (TPSA) is 69.6 Å². The molecule has 3 aromatic carbocycles. The van der Waals surface area contributed by atoms with Crippen LogP contribution >= 0.6 is 9.24 Å². The number of nitrogens with one attached hydrogen (secondary N) is 1. The Hall–Kier alpha value is -3.39. The first kappa shape index (κ1) is 25.7. The maximum Gasteiger partial charge on any atom is 0.303 e. The molecule has 0 bridgehead atoms. The third-order valence-corrected chi connectivity index (χ3v) is 7.01. The first-order chi connectivity index (χ1) is 17.3. The van der Waals surface area contributed by atoms with Crippen LogP contribution in [0.3, 0.4) is 0 Å². The molecule has 0 spiro atoms. The lowest BCUT2D eigenvalue weighted by molar-refractivity contribution is -0.137. The molecule has 0 amide bonds. The van der Waals surface area contributed by atoms with E-state index in [1.54, 1.807) is 0 Å². The van der Waals surface area contributed by atoms with E-state index in [2.05, 4.69) is 75.6 Å². The number of unbranched alkanes of at least 4 members (excludes halogenated alkanes) is 1. The quantitative estimate of drug-likeness (QED) is 0.218. The van der Waals surface area contributed by atoms with E-state index in [0.29, 0.717) is 12.1 Å². The molecule has 2 N–H and O–H groups in total. The molecule has 186 valence electrons. The van der Waals surface area contributed by atoms with Crippen LogP contribution in [0.4, 0.5) is 11.4 Å². The van der Waals surface area contributed by atoms with Gasteiger partial charge in [-0.1, -0.05) is 42.5 Å². The zero-order valence-electron chi connectivity index (χ0n) is 20.9. The highest BCUT2D eigenvalue weighted by Gasteiger charge is 2.29. The molecule has 0 radical (unpaired) electrons. The molecule has 5 nitrogen and oxygen atoms in total. The van der Waals surface area contributed by atoms with Crippen molar-refractivity contribution in [3.05, 3.63) is 94.2 Å². The van der Waals surface area contributed by atoms with Crippen LogP contribution in [0.1, 0.15) is 53.1 Å². The van der Waals surface area contributed by atoms with Gasteiger partial charge in [-0.25, -0.2) is 4.79 Å². The average molecular weight is 501 g/mol. The van der Waals surface area contributed by atoms with Crippen molar-refractivity contribution in [3.8, 4) is 0 Å². The Kier molecular flexibility index (Phi) is 8.25. The van der Waals surface area contributed by atoms with Gasteiger partial charge in [0.25, 0.3) is 0 Å². The summed E-state index contributed by atoms with van der Waals surface area (Å²) >= 11 is 0. The molecule has 0 saturated carbocycles. The fourth-order valence-corrected chi connectivity index (χ4v) is 5.06. The number of aryl methyl sites for hydroxylation is 3. The lowest BCUT2D eigenvalue weighted by Crippen LogP contribution is -2.29. The number of aliphatic carboxylic acids is 1. The maximum atomic E-state index is 12.5. The van der Waals surface area contributed by atoms with Crippen LogP contribution in [0.2, 0.25) is 0 Å². The molecule has 3 aromatic rings. The lowest BCUT2D eigenvalue weighted by Gasteiger charge is -2.29. The van der Waals surface area contributed by atoms with Crippen molar-refractivity contribution in [1.29, 1.82) is 0 Å². The molecule has 1 aliphatic rings. The summed E-state index contributed by atoms with van der Waals surface area (Å²) in [5.74, 6) is 1.53. The minimum atomic E-state index is -0.757. The molecule has 36 heavy (non-hydrogen) atoms. The van der Waals surface area contributed by atoms with Gasteiger partial charge in [-0.05, 0) is 90.9 Å². The number of hydrogen-bond donors (Lipinski definition) is 2. The van der Waals surface area contributed by atoms with Crippen molar-refractivity contribution in [2.45, 2.75) is 52.0 Å². The lowest BCUT2D eigenvalue weighted by atomic mass is 10.0. The van der Waals surface area contributed by atoms with Gasteiger partial charge < -0.3 is 15.3 Å². The summed E-state index contributed by atoms with van der Waals surface area (Å²) in [6, 6.07) is 20.5. The van der Waals surface area contributed by atoms with E-state index in [4.69, 9.17) is 5.11 Å². The van der Waals surface area contributed by atoms with Gasteiger partial charge in [0, 0.05) is 24.3 Å². The second kappa shape index (κ2) is 11.6. The average Bonchev–Trinajstić information content (AvgIpc) is 3.25. The number of carboxylic acid groups (broad SMARTS) is 1.